The second-order valence-corrected chi connectivity index (χ2v) is 6.46. The number of aromatic nitrogens is 4. The number of anilines is 1. The number of halogens is 1. The van der Waals surface area contributed by atoms with Gasteiger partial charge in [-0.1, -0.05) is 33.2 Å². The van der Waals surface area contributed by atoms with Gasteiger partial charge in [0.2, 0.25) is 5.95 Å². The van der Waals surface area contributed by atoms with E-state index in [9.17, 15) is 4.79 Å². The largest absolute Gasteiger partial charge is 0.339 e. The first-order chi connectivity index (χ1) is 11.6. The van der Waals surface area contributed by atoms with Crippen molar-refractivity contribution in [3.8, 4) is 0 Å². The maximum atomic E-state index is 13.1. The third kappa shape index (κ3) is 2.82. The number of nitrogens with zero attached hydrogens (tertiary/aromatic N) is 5. The topological polar surface area (TPSA) is 75.9 Å². The maximum absolute atomic E-state index is 13.1. The van der Waals surface area contributed by atoms with Gasteiger partial charge in [-0.3, -0.25) is 4.79 Å². The summed E-state index contributed by atoms with van der Waals surface area (Å²) in [7, 11) is 0. The highest BCUT2D eigenvalue weighted by Crippen LogP contribution is 2.35. The van der Waals surface area contributed by atoms with Crippen LogP contribution in [0, 0.1) is 0 Å². The van der Waals surface area contributed by atoms with Crippen LogP contribution in [-0.2, 0) is 4.79 Å². The summed E-state index contributed by atoms with van der Waals surface area (Å²) in [4.78, 5) is 14.9. The second-order valence-electron chi connectivity index (χ2n) is 5.55. The molecule has 1 aromatic heterocycles. The van der Waals surface area contributed by atoms with Gasteiger partial charge < -0.3 is 10.2 Å². The average molecular weight is 391 g/mol. The Hall–Kier alpha value is -2.22. The summed E-state index contributed by atoms with van der Waals surface area (Å²) < 4.78 is 2.60. The summed E-state index contributed by atoms with van der Waals surface area (Å²) >= 11 is 3.50. The van der Waals surface area contributed by atoms with Crippen LogP contribution in [0.25, 0.3) is 0 Å². The van der Waals surface area contributed by atoms with E-state index in [0.29, 0.717) is 24.6 Å². The highest BCUT2D eigenvalue weighted by molar-refractivity contribution is 9.10. The molecule has 1 N–H and O–H groups in total. The number of likely N-dealkylation sites (N-methyl/N-ethyl adjacent to an activating group) is 1. The van der Waals surface area contributed by atoms with Gasteiger partial charge in [0.1, 0.15) is 6.04 Å². The fourth-order valence-corrected chi connectivity index (χ4v) is 3.37. The van der Waals surface area contributed by atoms with Crippen LogP contribution in [0.15, 0.2) is 40.0 Å². The molecule has 126 valence electrons. The molecule has 2 aromatic rings. The molecule has 0 radical (unpaired) electrons. The van der Waals surface area contributed by atoms with Crippen molar-refractivity contribution in [2.45, 2.75) is 26.8 Å². The molecule has 1 amide bonds. The van der Waals surface area contributed by atoms with E-state index in [-0.39, 0.29) is 11.9 Å². The number of nitrogens with one attached hydrogen (secondary N) is 1. The Labute approximate surface area is 148 Å². The van der Waals surface area contributed by atoms with Crippen molar-refractivity contribution in [2.75, 3.05) is 18.4 Å². The number of hydrogen-bond donors (Lipinski definition) is 1. The van der Waals surface area contributed by atoms with Crippen LogP contribution in [0.5, 0.6) is 0 Å². The number of carbonyl (C=O) groups is 1. The van der Waals surface area contributed by atoms with Crippen molar-refractivity contribution in [3.05, 3.63) is 45.6 Å². The predicted molar refractivity (Wildman–Crippen MR) is 94.3 cm³/mol. The van der Waals surface area contributed by atoms with Gasteiger partial charge in [-0.2, -0.15) is 4.68 Å². The monoisotopic (exact) mass is 390 g/mol. The lowest BCUT2D eigenvalue weighted by molar-refractivity contribution is -0.127. The third-order valence-electron chi connectivity index (χ3n) is 4.16. The quantitative estimate of drug-likeness (QED) is 0.867. The van der Waals surface area contributed by atoms with Crippen LogP contribution in [0.1, 0.15) is 32.4 Å². The van der Waals surface area contributed by atoms with Crippen LogP contribution in [0.3, 0.4) is 0 Å². The highest BCUT2D eigenvalue weighted by Gasteiger charge is 2.35. The van der Waals surface area contributed by atoms with E-state index in [1.807, 2.05) is 45.0 Å². The molecule has 24 heavy (non-hydrogen) atoms. The van der Waals surface area contributed by atoms with Crippen LogP contribution >= 0.6 is 15.9 Å². The lowest BCUT2D eigenvalue weighted by Gasteiger charge is -2.31. The van der Waals surface area contributed by atoms with Crippen molar-refractivity contribution in [3.63, 3.8) is 0 Å². The molecule has 1 aromatic carbocycles. The Kier molecular flexibility index (Phi) is 4.66. The molecule has 3 rings (SSSR count). The number of hydrogen-bond acceptors (Lipinski definition) is 5. The molecule has 1 aliphatic heterocycles. The van der Waals surface area contributed by atoms with Crippen LogP contribution in [-0.4, -0.2) is 44.1 Å². The molecule has 0 saturated heterocycles. The Balaban J connectivity index is 2.15. The third-order valence-corrected chi connectivity index (χ3v) is 4.65. The smallest absolute Gasteiger partial charge is 0.254 e. The van der Waals surface area contributed by atoms with Gasteiger partial charge in [0.15, 0.2) is 0 Å². The summed E-state index contributed by atoms with van der Waals surface area (Å²) in [5.74, 6) is 0.532. The number of rotatable bonds is 4. The molecule has 8 heteroatoms. The van der Waals surface area contributed by atoms with Gasteiger partial charge in [-0.05, 0) is 48.9 Å². The molecule has 1 atom stereocenters. The fourth-order valence-electron chi connectivity index (χ4n) is 2.96. The van der Waals surface area contributed by atoms with E-state index in [1.54, 1.807) is 9.58 Å². The minimum absolute atomic E-state index is 0.00359. The molecule has 0 bridgehead atoms. The molecule has 1 aliphatic rings. The summed E-state index contributed by atoms with van der Waals surface area (Å²) in [6, 6.07) is 7.51. The van der Waals surface area contributed by atoms with Crippen molar-refractivity contribution in [1.82, 2.24) is 25.1 Å². The van der Waals surface area contributed by atoms with E-state index in [2.05, 4.69) is 36.8 Å². The first-order valence-electron chi connectivity index (χ1n) is 7.87. The van der Waals surface area contributed by atoms with Crippen molar-refractivity contribution in [2.24, 2.45) is 0 Å². The SMILES string of the molecule is CCN(CC)C(=O)C1=C(C)Nc2nnnn2C1c1cccc(Br)c1. The summed E-state index contributed by atoms with van der Waals surface area (Å²) in [6.45, 7) is 7.15. The molecular formula is C16H19BrN6O. The van der Waals surface area contributed by atoms with Crippen LogP contribution < -0.4 is 5.32 Å². The molecule has 0 saturated carbocycles. The summed E-state index contributed by atoms with van der Waals surface area (Å²) in [5, 5.41) is 15.0. The minimum atomic E-state index is -0.359. The zero-order valence-electron chi connectivity index (χ0n) is 13.8. The molecule has 0 fully saturated rings. The molecular weight excluding hydrogens is 372 g/mol. The number of allylic oxidation sites excluding steroid dienone is 1. The number of fused-ring (bicyclic) bond motifs is 1. The fraction of sp³-hybridized carbons (Fsp3) is 0.375. The van der Waals surface area contributed by atoms with Crippen molar-refractivity contribution < 1.29 is 4.79 Å². The van der Waals surface area contributed by atoms with E-state index < -0.39 is 0 Å². The minimum Gasteiger partial charge on any atom is -0.339 e. The van der Waals surface area contributed by atoms with Gasteiger partial charge in [0, 0.05) is 23.3 Å². The normalized spacial score (nSPS) is 16.6. The number of carbonyl (C=O) groups excluding carboxylic acids is 1. The van der Waals surface area contributed by atoms with Gasteiger partial charge >= 0.3 is 0 Å². The molecule has 0 spiro atoms. The van der Waals surface area contributed by atoms with Gasteiger partial charge in [0.05, 0.1) is 5.57 Å². The van der Waals surface area contributed by atoms with E-state index >= 15 is 0 Å². The molecule has 2 heterocycles. The predicted octanol–water partition coefficient (Wildman–Crippen LogP) is 2.59. The van der Waals surface area contributed by atoms with E-state index in [4.69, 9.17) is 0 Å². The summed E-state index contributed by atoms with van der Waals surface area (Å²) in [6.07, 6.45) is 0. The molecule has 1 unspecified atom stereocenters. The number of amides is 1. The zero-order chi connectivity index (χ0) is 17.3. The van der Waals surface area contributed by atoms with Crippen molar-refractivity contribution >= 4 is 27.8 Å². The average Bonchev–Trinajstić information content (AvgIpc) is 3.02. The first-order valence-corrected chi connectivity index (χ1v) is 8.66. The van der Waals surface area contributed by atoms with E-state index in [0.717, 1.165) is 15.7 Å². The Bertz CT molecular complexity index is 795. The van der Waals surface area contributed by atoms with E-state index in [1.165, 1.54) is 0 Å². The lowest BCUT2D eigenvalue weighted by Crippen LogP contribution is -2.38. The molecule has 7 nitrogen and oxygen atoms in total. The Morgan fingerprint density at radius 1 is 1.38 bits per heavy atom. The maximum Gasteiger partial charge on any atom is 0.254 e. The molecule has 0 aliphatic carbocycles. The highest BCUT2D eigenvalue weighted by atomic mass is 79.9. The van der Waals surface area contributed by atoms with Crippen molar-refractivity contribution in [1.29, 1.82) is 0 Å². The van der Waals surface area contributed by atoms with Gasteiger partial charge in [-0.25, -0.2) is 0 Å². The van der Waals surface area contributed by atoms with Gasteiger partial charge in [-0.15, -0.1) is 0 Å². The Morgan fingerprint density at radius 2 is 2.12 bits per heavy atom. The summed E-state index contributed by atoms with van der Waals surface area (Å²) in [5.41, 5.74) is 2.39. The zero-order valence-corrected chi connectivity index (χ0v) is 15.4. The standard InChI is InChI=1S/C16H19BrN6O/c1-4-22(5-2)15(24)13-10(3)18-16-19-20-21-23(16)14(13)11-7-6-8-12(17)9-11/h6-9,14H,4-5H2,1-3H3,(H,18,19,21). The second kappa shape index (κ2) is 6.72. The van der Waals surface area contributed by atoms with Gasteiger partial charge in [0.25, 0.3) is 5.91 Å². The van der Waals surface area contributed by atoms with Crippen LogP contribution in [0.4, 0.5) is 5.95 Å². The number of tetrazole rings is 1. The Morgan fingerprint density at radius 3 is 2.79 bits per heavy atom. The number of benzene rings is 1. The lowest BCUT2D eigenvalue weighted by atomic mass is 9.94. The van der Waals surface area contributed by atoms with Crippen LogP contribution in [0.2, 0.25) is 0 Å². The first kappa shape index (κ1) is 16.6.